The first-order chi connectivity index (χ1) is 12.5. The van der Waals surface area contributed by atoms with Crippen molar-refractivity contribution in [2.24, 2.45) is 5.92 Å². The predicted octanol–water partition coefficient (Wildman–Crippen LogP) is 3.16. The number of rotatable bonds is 5. The number of sulfonamides is 1. The highest BCUT2D eigenvalue weighted by Crippen LogP contribution is 2.24. The monoisotopic (exact) mass is 409 g/mol. The van der Waals surface area contributed by atoms with Crippen molar-refractivity contribution in [1.82, 2.24) is 5.32 Å². The van der Waals surface area contributed by atoms with E-state index in [0.29, 0.717) is 16.9 Å². The molecule has 3 N–H and O–H groups in total. The van der Waals surface area contributed by atoms with Gasteiger partial charge in [0.05, 0.1) is 4.90 Å². The highest BCUT2D eigenvalue weighted by atomic mass is 35.5. The Kier molecular flexibility index (Phi) is 7.24. The van der Waals surface area contributed by atoms with E-state index in [4.69, 9.17) is 0 Å². The van der Waals surface area contributed by atoms with Gasteiger partial charge < -0.3 is 10.6 Å². The predicted molar refractivity (Wildman–Crippen MR) is 110 cm³/mol. The molecule has 0 unspecified atom stereocenters. The maximum absolute atomic E-state index is 12.7. The zero-order valence-electron chi connectivity index (χ0n) is 15.1. The SMILES string of the molecule is Cc1ccc(NC(=O)C2CCNCC2)cc1S(=O)(=O)Nc1ccccc1.Cl. The van der Waals surface area contributed by atoms with Crippen molar-refractivity contribution >= 4 is 39.7 Å². The lowest BCUT2D eigenvalue weighted by Gasteiger charge is -2.22. The van der Waals surface area contributed by atoms with E-state index < -0.39 is 10.0 Å². The molecule has 2 aromatic carbocycles. The summed E-state index contributed by atoms with van der Waals surface area (Å²) in [5.41, 5.74) is 1.61. The number of piperidine rings is 1. The molecule has 2 aromatic rings. The van der Waals surface area contributed by atoms with Gasteiger partial charge >= 0.3 is 0 Å². The van der Waals surface area contributed by atoms with Gasteiger partial charge in [-0.1, -0.05) is 24.3 Å². The minimum absolute atomic E-state index is 0. The third-order valence-electron chi connectivity index (χ3n) is 4.48. The first-order valence-electron chi connectivity index (χ1n) is 8.66. The maximum Gasteiger partial charge on any atom is 0.262 e. The lowest BCUT2D eigenvalue weighted by Crippen LogP contribution is -2.34. The number of hydrogen-bond donors (Lipinski definition) is 3. The molecule has 8 heteroatoms. The largest absolute Gasteiger partial charge is 0.326 e. The van der Waals surface area contributed by atoms with Crippen molar-refractivity contribution in [1.29, 1.82) is 0 Å². The smallest absolute Gasteiger partial charge is 0.262 e. The van der Waals surface area contributed by atoms with Crippen molar-refractivity contribution in [3.05, 3.63) is 54.1 Å². The van der Waals surface area contributed by atoms with E-state index >= 15 is 0 Å². The second-order valence-corrected chi connectivity index (χ2v) is 8.12. The van der Waals surface area contributed by atoms with Gasteiger partial charge in [-0.3, -0.25) is 9.52 Å². The summed E-state index contributed by atoms with van der Waals surface area (Å²) in [6.45, 7) is 3.39. The number of aryl methyl sites for hydroxylation is 1. The molecule has 1 amide bonds. The molecule has 1 aliphatic rings. The number of hydrogen-bond acceptors (Lipinski definition) is 4. The number of nitrogens with one attached hydrogen (secondary N) is 3. The third kappa shape index (κ3) is 5.45. The number of para-hydroxylation sites is 1. The Morgan fingerprint density at radius 3 is 2.37 bits per heavy atom. The summed E-state index contributed by atoms with van der Waals surface area (Å²) in [6, 6.07) is 13.7. The minimum Gasteiger partial charge on any atom is -0.326 e. The van der Waals surface area contributed by atoms with Gasteiger partial charge in [0, 0.05) is 17.3 Å². The summed E-state index contributed by atoms with van der Waals surface area (Å²) < 4.78 is 28.0. The summed E-state index contributed by atoms with van der Waals surface area (Å²) in [7, 11) is -3.74. The molecule has 1 fully saturated rings. The van der Waals surface area contributed by atoms with E-state index in [9.17, 15) is 13.2 Å². The van der Waals surface area contributed by atoms with Crippen LogP contribution < -0.4 is 15.4 Å². The molecule has 0 saturated carbocycles. The molecule has 0 aromatic heterocycles. The third-order valence-corrected chi connectivity index (χ3v) is 6.00. The molecule has 3 rings (SSSR count). The zero-order valence-corrected chi connectivity index (χ0v) is 16.7. The molecule has 1 aliphatic heterocycles. The highest BCUT2D eigenvalue weighted by molar-refractivity contribution is 7.92. The van der Waals surface area contributed by atoms with Crippen LogP contribution in [0.15, 0.2) is 53.4 Å². The first-order valence-corrected chi connectivity index (χ1v) is 10.1. The van der Waals surface area contributed by atoms with Crippen molar-refractivity contribution in [2.75, 3.05) is 23.1 Å². The van der Waals surface area contributed by atoms with Gasteiger partial charge in [0.25, 0.3) is 10.0 Å². The summed E-state index contributed by atoms with van der Waals surface area (Å²) in [4.78, 5) is 12.6. The van der Waals surface area contributed by atoms with Crippen LogP contribution in [-0.4, -0.2) is 27.4 Å². The van der Waals surface area contributed by atoms with Crippen molar-refractivity contribution < 1.29 is 13.2 Å². The van der Waals surface area contributed by atoms with Crippen molar-refractivity contribution in [2.45, 2.75) is 24.7 Å². The van der Waals surface area contributed by atoms with E-state index in [2.05, 4.69) is 15.4 Å². The molecule has 0 aliphatic carbocycles. The molecule has 1 saturated heterocycles. The molecule has 146 valence electrons. The Bertz CT molecular complexity index is 882. The van der Waals surface area contributed by atoms with Crippen LogP contribution in [0, 0.1) is 12.8 Å². The summed E-state index contributed by atoms with van der Waals surface area (Å²) >= 11 is 0. The second-order valence-electron chi connectivity index (χ2n) is 6.47. The van der Waals surface area contributed by atoms with Crippen LogP contribution in [-0.2, 0) is 14.8 Å². The maximum atomic E-state index is 12.7. The average molecular weight is 410 g/mol. The average Bonchev–Trinajstić information content (AvgIpc) is 2.64. The number of benzene rings is 2. The van der Waals surface area contributed by atoms with Crippen LogP contribution >= 0.6 is 12.4 Å². The molecular formula is C19H24ClN3O3S. The number of carbonyl (C=O) groups excluding carboxylic acids is 1. The van der Waals surface area contributed by atoms with Gasteiger partial charge in [-0.2, -0.15) is 0 Å². The van der Waals surface area contributed by atoms with Gasteiger partial charge in [0.1, 0.15) is 0 Å². The lowest BCUT2D eigenvalue weighted by molar-refractivity contribution is -0.120. The van der Waals surface area contributed by atoms with E-state index in [1.807, 2.05) is 6.07 Å². The fourth-order valence-electron chi connectivity index (χ4n) is 3.01. The topological polar surface area (TPSA) is 87.3 Å². The summed E-state index contributed by atoms with van der Waals surface area (Å²) in [5.74, 6) is -0.102. The van der Waals surface area contributed by atoms with Crippen LogP contribution in [0.2, 0.25) is 0 Å². The molecule has 0 bridgehead atoms. The van der Waals surface area contributed by atoms with Crippen LogP contribution in [0.5, 0.6) is 0 Å². The van der Waals surface area contributed by atoms with Crippen LogP contribution in [0.25, 0.3) is 0 Å². The van der Waals surface area contributed by atoms with Crippen LogP contribution in [0.4, 0.5) is 11.4 Å². The molecule has 0 atom stereocenters. The number of amides is 1. The standard InChI is InChI=1S/C19H23N3O3S.ClH/c1-14-7-8-17(21-19(23)15-9-11-20-12-10-15)13-18(14)26(24,25)22-16-5-3-2-4-6-16;/h2-8,13,15,20,22H,9-12H2,1H3,(H,21,23);1H. The Labute approximate surface area is 166 Å². The second kappa shape index (κ2) is 9.21. The van der Waals surface area contributed by atoms with E-state index in [0.717, 1.165) is 25.9 Å². The van der Waals surface area contributed by atoms with Gasteiger partial charge in [0.15, 0.2) is 0 Å². The summed E-state index contributed by atoms with van der Waals surface area (Å²) in [6.07, 6.45) is 1.58. The minimum atomic E-state index is -3.74. The van der Waals surface area contributed by atoms with Gasteiger partial charge in [0.2, 0.25) is 5.91 Å². The van der Waals surface area contributed by atoms with E-state index in [1.54, 1.807) is 43.3 Å². The molecular weight excluding hydrogens is 386 g/mol. The van der Waals surface area contributed by atoms with Crippen LogP contribution in [0.3, 0.4) is 0 Å². The molecule has 1 heterocycles. The number of carbonyl (C=O) groups is 1. The van der Waals surface area contributed by atoms with Crippen LogP contribution in [0.1, 0.15) is 18.4 Å². The fraction of sp³-hybridized carbons (Fsp3) is 0.316. The van der Waals surface area contributed by atoms with Crippen molar-refractivity contribution in [3.63, 3.8) is 0 Å². The molecule has 0 radical (unpaired) electrons. The van der Waals surface area contributed by atoms with Gasteiger partial charge in [-0.15, -0.1) is 12.4 Å². The van der Waals surface area contributed by atoms with Gasteiger partial charge in [-0.05, 0) is 62.7 Å². The zero-order chi connectivity index (χ0) is 18.6. The number of halogens is 1. The Hall–Kier alpha value is -2.09. The normalized spacial score (nSPS) is 14.9. The first kappa shape index (κ1) is 21.2. The summed E-state index contributed by atoms with van der Waals surface area (Å²) in [5, 5.41) is 6.08. The quantitative estimate of drug-likeness (QED) is 0.707. The Morgan fingerprint density at radius 1 is 1.04 bits per heavy atom. The Balaban J connectivity index is 0.00000261. The molecule has 0 spiro atoms. The fourth-order valence-corrected chi connectivity index (χ4v) is 4.34. The van der Waals surface area contributed by atoms with E-state index in [1.165, 1.54) is 6.07 Å². The Morgan fingerprint density at radius 2 is 1.70 bits per heavy atom. The molecule has 27 heavy (non-hydrogen) atoms. The van der Waals surface area contributed by atoms with Crippen molar-refractivity contribution in [3.8, 4) is 0 Å². The van der Waals surface area contributed by atoms with Gasteiger partial charge in [-0.25, -0.2) is 8.42 Å². The molecule has 6 nitrogen and oxygen atoms in total. The highest BCUT2D eigenvalue weighted by Gasteiger charge is 2.22. The lowest BCUT2D eigenvalue weighted by atomic mass is 9.97. The van der Waals surface area contributed by atoms with E-state index in [-0.39, 0.29) is 29.1 Å². The number of anilines is 2.